The second-order valence-electron chi connectivity index (χ2n) is 8.14. The smallest absolute Gasteiger partial charge is 0.266 e. The zero-order chi connectivity index (χ0) is 24.2. The lowest BCUT2D eigenvalue weighted by molar-refractivity contribution is -0.122. The molecular weight excluding hydrogens is 462 g/mol. The van der Waals surface area contributed by atoms with Gasteiger partial charge in [0.1, 0.15) is 6.07 Å². The van der Waals surface area contributed by atoms with Crippen LogP contribution >= 0.6 is 11.3 Å². The van der Waals surface area contributed by atoms with E-state index in [1.165, 1.54) is 17.6 Å². The molecule has 1 aliphatic heterocycles. The Morgan fingerprint density at radius 3 is 2.71 bits per heavy atom. The van der Waals surface area contributed by atoms with Gasteiger partial charge in [-0.1, -0.05) is 36.4 Å². The maximum absolute atomic E-state index is 13.5. The minimum absolute atomic E-state index is 0.0351. The number of rotatable bonds is 7. The molecule has 35 heavy (non-hydrogen) atoms. The van der Waals surface area contributed by atoms with Gasteiger partial charge in [-0.05, 0) is 25.0 Å². The van der Waals surface area contributed by atoms with Crippen molar-refractivity contribution in [3.63, 3.8) is 0 Å². The summed E-state index contributed by atoms with van der Waals surface area (Å²) in [4.78, 5) is 26.2. The zero-order valence-electron chi connectivity index (χ0n) is 19.0. The van der Waals surface area contributed by atoms with Crippen LogP contribution in [-0.2, 0) is 4.79 Å². The fourth-order valence-electron chi connectivity index (χ4n) is 4.18. The van der Waals surface area contributed by atoms with Gasteiger partial charge in [0.15, 0.2) is 10.9 Å². The molecule has 0 atom stereocenters. The highest BCUT2D eigenvalue weighted by molar-refractivity contribution is 7.14. The Hall–Kier alpha value is -4.16. The van der Waals surface area contributed by atoms with Crippen LogP contribution < -0.4 is 9.80 Å². The van der Waals surface area contributed by atoms with Gasteiger partial charge in [0.25, 0.3) is 5.89 Å². The second-order valence-corrected chi connectivity index (χ2v) is 8.98. The molecule has 1 fully saturated rings. The summed E-state index contributed by atoms with van der Waals surface area (Å²) in [5.74, 6) is 1.03. The molecule has 1 saturated heterocycles. The topological polar surface area (TPSA) is 99.4 Å². The number of oxazole rings is 1. The molecule has 0 radical (unpaired) electrons. The van der Waals surface area contributed by atoms with Crippen LogP contribution in [0.4, 0.5) is 11.0 Å². The summed E-state index contributed by atoms with van der Waals surface area (Å²) >= 11 is 1.46. The predicted octanol–water partition coefficient (Wildman–Crippen LogP) is 5.37. The van der Waals surface area contributed by atoms with Gasteiger partial charge in [0.05, 0.1) is 12.0 Å². The summed E-state index contributed by atoms with van der Waals surface area (Å²) in [7, 11) is 0. The normalized spacial score (nSPS) is 14.0. The number of benzene rings is 1. The first-order valence-corrected chi connectivity index (χ1v) is 12.2. The summed E-state index contributed by atoms with van der Waals surface area (Å²) in [6.45, 7) is 5.38. The van der Waals surface area contributed by atoms with E-state index in [1.807, 2.05) is 40.6 Å². The van der Waals surface area contributed by atoms with E-state index in [1.54, 1.807) is 23.1 Å². The summed E-state index contributed by atoms with van der Waals surface area (Å²) in [6, 6.07) is 15.5. The number of carbonyl (C=O) groups is 1. The van der Waals surface area contributed by atoms with Crippen molar-refractivity contribution in [3.05, 3.63) is 72.5 Å². The van der Waals surface area contributed by atoms with Crippen molar-refractivity contribution in [2.24, 2.45) is 5.92 Å². The third-order valence-corrected chi connectivity index (χ3v) is 6.81. The number of thiazole rings is 1. The van der Waals surface area contributed by atoms with Crippen LogP contribution in [0.1, 0.15) is 18.5 Å². The number of amides is 1. The molecule has 4 heterocycles. The van der Waals surface area contributed by atoms with Crippen molar-refractivity contribution in [1.82, 2.24) is 9.97 Å². The Morgan fingerprint density at radius 1 is 1.23 bits per heavy atom. The lowest BCUT2D eigenvalue weighted by Crippen LogP contribution is -2.43. The Bertz CT molecular complexity index is 1350. The molecule has 1 aromatic carbocycles. The van der Waals surface area contributed by atoms with Gasteiger partial charge in [-0.25, -0.2) is 4.98 Å². The first kappa shape index (κ1) is 22.6. The van der Waals surface area contributed by atoms with Crippen LogP contribution in [-0.4, -0.2) is 35.5 Å². The molecule has 5 rings (SSSR count). The molecule has 0 unspecified atom stereocenters. The van der Waals surface area contributed by atoms with Crippen LogP contribution in [0.2, 0.25) is 0 Å². The predicted molar refractivity (Wildman–Crippen MR) is 134 cm³/mol. The molecule has 0 saturated carbocycles. The molecule has 0 bridgehead atoms. The fraction of sp³-hybridized carbons (Fsp3) is 0.231. The number of anilines is 2. The van der Waals surface area contributed by atoms with E-state index in [2.05, 4.69) is 17.6 Å². The number of hydrogen-bond donors (Lipinski definition) is 0. The quantitative estimate of drug-likeness (QED) is 0.325. The Balaban J connectivity index is 1.29. The number of carbonyl (C=O) groups excluding carboxylic acids is 1. The van der Waals surface area contributed by atoms with Crippen molar-refractivity contribution in [2.75, 3.05) is 29.4 Å². The van der Waals surface area contributed by atoms with Crippen molar-refractivity contribution in [2.45, 2.75) is 12.8 Å². The summed E-state index contributed by atoms with van der Waals surface area (Å²) in [6.07, 6.45) is 4.51. The minimum atomic E-state index is -0.159. The van der Waals surface area contributed by atoms with Gasteiger partial charge in [-0.15, -0.1) is 17.9 Å². The van der Waals surface area contributed by atoms with Crippen LogP contribution in [0.3, 0.4) is 0 Å². The lowest BCUT2D eigenvalue weighted by Gasteiger charge is -2.33. The molecule has 0 N–H and O–H groups in total. The summed E-state index contributed by atoms with van der Waals surface area (Å²) < 4.78 is 11.2. The monoisotopic (exact) mass is 485 g/mol. The molecule has 176 valence electrons. The largest absolute Gasteiger partial charge is 0.459 e. The third-order valence-electron chi connectivity index (χ3n) is 5.95. The van der Waals surface area contributed by atoms with Crippen molar-refractivity contribution in [1.29, 1.82) is 5.26 Å². The third kappa shape index (κ3) is 4.61. The molecule has 1 amide bonds. The highest BCUT2D eigenvalue weighted by Gasteiger charge is 2.32. The summed E-state index contributed by atoms with van der Waals surface area (Å²) in [5.41, 5.74) is 2.08. The van der Waals surface area contributed by atoms with Crippen molar-refractivity contribution >= 4 is 28.3 Å². The van der Waals surface area contributed by atoms with Gasteiger partial charge in [-0.2, -0.15) is 10.2 Å². The second kappa shape index (κ2) is 9.99. The number of aromatic nitrogens is 2. The highest BCUT2D eigenvalue weighted by atomic mass is 32.1. The first-order valence-electron chi connectivity index (χ1n) is 11.3. The van der Waals surface area contributed by atoms with E-state index in [-0.39, 0.29) is 23.4 Å². The SMILES string of the molecule is C=CCN(C(=O)C1CCN(c2oc(-c3ccco3)nc2C#N)CC1)c1nc(-c2ccccc2)cs1. The van der Waals surface area contributed by atoms with E-state index in [9.17, 15) is 10.1 Å². The van der Waals surface area contributed by atoms with Gasteiger partial charge >= 0.3 is 0 Å². The molecular formula is C26H23N5O3S. The maximum atomic E-state index is 13.5. The van der Waals surface area contributed by atoms with Crippen LogP contribution in [0.25, 0.3) is 22.9 Å². The van der Waals surface area contributed by atoms with E-state index in [0.717, 1.165) is 11.3 Å². The zero-order valence-corrected chi connectivity index (χ0v) is 19.8. The van der Waals surface area contributed by atoms with E-state index in [4.69, 9.17) is 13.8 Å². The number of nitrogens with zero attached hydrogens (tertiary/aromatic N) is 5. The molecule has 0 spiro atoms. The number of nitriles is 1. The highest BCUT2D eigenvalue weighted by Crippen LogP contribution is 2.33. The summed E-state index contributed by atoms with van der Waals surface area (Å²) in [5, 5.41) is 12.2. The molecule has 3 aromatic heterocycles. The van der Waals surface area contributed by atoms with E-state index < -0.39 is 0 Å². The van der Waals surface area contributed by atoms with E-state index >= 15 is 0 Å². The maximum Gasteiger partial charge on any atom is 0.266 e. The minimum Gasteiger partial charge on any atom is -0.459 e. The fourth-order valence-corrected chi connectivity index (χ4v) is 5.02. The Labute approximate surface area is 206 Å². The Kier molecular flexibility index (Phi) is 6.46. The number of piperidine rings is 1. The first-order chi connectivity index (χ1) is 17.2. The average molecular weight is 486 g/mol. The number of hydrogen-bond acceptors (Lipinski definition) is 8. The van der Waals surface area contributed by atoms with Gasteiger partial charge in [0, 0.05) is 36.5 Å². The standard InChI is InChI=1S/C26H23N5O3S/c1-2-12-31(26-29-21(17-35-26)18-7-4-3-5-8-18)24(32)19-10-13-30(14-11-19)25-20(16-27)28-23(34-25)22-9-6-15-33-22/h2-9,15,17,19H,1,10-14H2. The van der Waals surface area contributed by atoms with E-state index in [0.29, 0.717) is 49.3 Å². The van der Waals surface area contributed by atoms with Crippen molar-refractivity contribution < 1.29 is 13.6 Å². The lowest BCUT2D eigenvalue weighted by atomic mass is 9.95. The molecule has 8 nitrogen and oxygen atoms in total. The van der Waals surface area contributed by atoms with Gasteiger partial charge < -0.3 is 13.7 Å². The van der Waals surface area contributed by atoms with Gasteiger partial charge in [0.2, 0.25) is 17.5 Å². The molecule has 1 aliphatic rings. The average Bonchev–Trinajstić information content (AvgIpc) is 3.68. The van der Waals surface area contributed by atoms with Crippen LogP contribution in [0, 0.1) is 17.2 Å². The molecule has 0 aliphatic carbocycles. The van der Waals surface area contributed by atoms with Crippen molar-refractivity contribution in [3.8, 4) is 29.0 Å². The van der Waals surface area contributed by atoms with Crippen LogP contribution in [0.5, 0.6) is 0 Å². The molecule has 4 aromatic rings. The van der Waals surface area contributed by atoms with Crippen LogP contribution in [0.15, 0.2) is 75.6 Å². The number of furan rings is 1. The van der Waals surface area contributed by atoms with Gasteiger partial charge in [-0.3, -0.25) is 9.69 Å². The molecule has 9 heteroatoms. The Morgan fingerprint density at radius 2 is 2.03 bits per heavy atom.